The molecule has 0 bridgehead atoms. The maximum absolute atomic E-state index is 6.08. The van der Waals surface area contributed by atoms with Crippen LogP contribution in [-0.2, 0) is 6.42 Å². The van der Waals surface area contributed by atoms with E-state index in [9.17, 15) is 0 Å². The average Bonchev–Trinajstić information content (AvgIpc) is 2.84. The molecule has 3 unspecified atom stereocenters. The SMILES string of the molecule is CC1CC1C(N)Cc1ccncc1. The van der Waals surface area contributed by atoms with Crippen LogP contribution in [0.15, 0.2) is 24.5 Å². The number of aromatic nitrogens is 1. The van der Waals surface area contributed by atoms with Crippen molar-refractivity contribution < 1.29 is 0 Å². The van der Waals surface area contributed by atoms with Gasteiger partial charge in [0.05, 0.1) is 0 Å². The fourth-order valence-electron chi connectivity index (χ4n) is 1.89. The minimum absolute atomic E-state index is 0.345. The van der Waals surface area contributed by atoms with Crippen molar-refractivity contribution in [3.8, 4) is 0 Å². The molecule has 1 aliphatic carbocycles. The molecule has 0 amide bonds. The lowest BCUT2D eigenvalue weighted by atomic mass is 10.0. The highest BCUT2D eigenvalue weighted by atomic mass is 14.7. The quantitative estimate of drug-likeness (QED) is 0.760. The molecule has 1 aromatic rings. The molecule has 70 valence electrons. The first-order valence-corrected chi connectivity index (χ1v) is 4.92. The Hall–Kier alpha value is -0.890. The normalized spacial score (nSPS) is 28.5. The molecule has 1 aliphatic rings. The van der Waals surface area contributed by atoms with E-state index in [1.54, 1.807) is 0 Å². The highest BCUT2D eigenvalue weighted by molar-refractivity contribution is 5.12. The molecule has 1 aromatic heterocycles. The monoisotopic (exact) mass is 176 g/mol. The van der Waals surface area contributed by atoms with Gasteiger partial charge in [0.2, 0.25) is 0 Å². The van der Waals surface area contributed by atoms with Gasteiger partial charge in [0, 0.05) is 18.4 Å². The van der Waals surface area contributed by atoms with Crippen LogP contribution in [0, 0.1) is 11.8 Å². The van der Waals surface area contributed by atoms with Gasteiger partial charge >= 0.3 is 0 Å². The first-order chi connectivity index (χ1) is 6.27. The second-order valence-electron chi connectivity index (χ2n) is 4.10. The molecule has 0 saturated heterocycles. The van der Waals surface area contributed by atoms with E-state index in [1.807, 2.05) is 24.5 Å². The van der Waals surface area contributed by atoms with Crippen LogP contribution in [0.2, 0.25) is 0 Å². The summed E-state index contributed by atoms with van der Waals surface area (Å²) in [6, 6.07) is 4.44. The van der Waals surface area contributed by atoms with Crippen LogP contribution in [0.25, 0.3) is 0 Å². The lowest BCUT2D eigenvalue weighted by molar-refractivity contribution is 0.560. The fraction of sp³-hybridized carbons (Fsp3) is 0.545. The van der Waals surface area contributed by atoms with Crippen LogP contribution in [0.4, 0.5) is 0 Å². The van der Waals surface area contributed by atoms with Gasteiger partial charge in [0.1, 0.15) is 0 Å². The van der Waals surface area contributed by atoms with Crippen molar-refractivity contribution in [1.29, 1.82) is 0 Å². The topological polar surface area (TPSA) is 38.9 Å². The van der Waals surface area contributed by atoms with Crippen molar-refractivity contribution in [2.45, 2.75) is 25.8 Å². The Labute approximate surface area is 79.2 Å². The van der Waals surface area contributed by atoms with Gasteiger partial charge in [-0.3, -0.25) is 4.98 Å². The molecular weight excluding hydrogens is 160 g/mol. The van der Waals surface area contributed by atoms with E-state index in [4.69, 9.17) is 5.73 Å². The molecule has 1 saturated carbocycles. The zero-order chi connectivity index (χ0) is 9.26. The molecule has 3 atom stereocenters. The Balaban J connectivity index is 1.91. The van der Waals surface area contributed by atoms with Crippen molar-refractivity contribution in [1.82, 2.24) is 4.98 Å². The van der Waals surface area contributed by atoms with Crippen LogP contribution in [0.1, 0.15) is 18.9 Å². The summed E-state index contributed by atoms with van der Waals surface area (Å²) >= 11 is 0. The van der Waals surface area contributed by atoms with Gasteiger partial charge in [-0.2, -0.15) is 0 Å². The third kappa shape index (κ3) is 2.07. The van der Waals surface area contributed by atoms with Gasteiger partial charge in [0.25, 0.3) is 0 Å². The molecule has 1 heterocycles. The molecule has 0 spiro atoms. The molecule has 0 aromatic carbocycles. The van der Waals surface area contributed by atoms with Crippen molar-refractivity contribution in [3.63, 3.8) is 0 Å². The first-order valence-electron chi connectivity index (χ1n) is 4.92. The molecule has 2 N–H and O–H groups in total. The summed E-state index contributed by atoms with van der Waals surface area (Å²) in [7, 11) is 0. The minimum Gasteiger partial charge on any atom is -0.327 e. The fourth-order valence-corrected chi connectivity index (χ4v) is 1.89. The summed E-state index contributed by atoms with van der Waals surface area (Å²) in [5.74, 6) is 1.60. The molecule has 2 nitrogen and oxygen atoms in total. The number of nitrogens with zero attached hydrogens (tertiary/aromatic N) is 1. The van der Waals surface area contributed by atoms with E-state index in [-0.39, 0.29) is 0 Å². The smallest absolute Gasteiger partial charge is 0.0270 e. The molecular formula is C11H16N2. The molecule has 0 radical (unpaired) electrons. The lowest BCUT2D eigenvalue weighted by Crippen LogP contribution is -2.25. The van der Waals surface area contributed by atoms with E-state index in [2.05, 4.69) is 11.9 Å². The summed E-state index contributed by atoms with van der Waals surface area (Å²) in [6.45, 7) is 2.27. The van der Waals surface area contributed by atoms with Crippen molar-refractivity contribution in [3.05, 3.63) is 30.1 Å². The highest BCUT2D eigenvalue weighted by Gasteiger charge is 2.37. The van der Waals surface area contributed by atoms with Gasteiger partial charge in [-0.15, -0.1) is 0 Å². The third-order valence-electron chi connectivity index (χ3n) is 2.94. The number of hydrogen-bond acceptors (Lipinski definition) is 2. The van der Waals surface area contributed by atoms with Crippen molar-refractivity contribution in [2.24, 2.45) is 17.6 Å². The minimum atomic E-state index is 0.345. The molecule has 13 heavy (non-hydrogen) atoms. The first kappa shape index (κ1) is 8.70. The van der Waals surface area contributed by atoms with Crippen LogP contribution < -0.4 is 5.73 Å². The van der Waals surface area contributed by atoms with E-state index in [0.29, 0.717) is 6.04 Å². The number of hydrogen-bond donors (Lipinski definition) is 1. The Morgan fingerprint density at radius 2 is 2.15 bits per heavy atom. The van der Waals surface area contributed by atoms with Gasteiger partial charge in [0.15, 0.2) is 0 Å². The summed E-state index contributed by atoms with van der Waals surface area (Å²) in [4.78, 5) is 3.99. The van der Waals surface area contributed by atoms with E-state index < -0.39 is 0 Å². The zero-order valence-electron chi connectivity index (χ0n) is 7.98. The molecule has 2 rings (SSSR count). The zero-order valence-corrected chi connectivity index (χ0v) is 7.98. The summed E-state index contributed by atoms with van der Waals surface area (Å²) in [5, 5.41) is 0. The number of nitrogens with two attached hydrogens (primary N) is 1. The Morgan fingerprint density at radius 3 is 2.69 bits per heavy atom. The van der Waals surface area contributed by atoms with Crippen LogP contribution >= 0.6 is 0 Å². The van der Waals surface area contributed by atoms with Crippen LogP contribution in [0.5, 0.6) is 0 Å². The summed E-state index contributed by atoms with van der Waals surface area (Å²) in [6.07, 6.45) is 5.97. The highest BCUT2D eigenvalue weighted by Crippen LogP contribution is 2.40. The standard InChI is InChI=1S/C11H16N2/c1-8-6-10(8)11(12)7-9-2-4-13-5-3-9/h2-5,8,10-11H,6-7,12H2,1H3. The number of pyridine rings is 1. The molecule has 0 aliphatic heterocycles. The largest absolute Gasteiger partial charge is 0.327 e. The third-order valence-corrected chi connectivity index (χ3v) is 2.94. The summed E-state index contributed by atoms with van der Waals surface area (Å²) < 4.78 is 0. The maximum atomic E-state index is 6.08. The van der Waals surface area contributed by atoms with Gasteiger partial charge in [-0.05, 0) is 42.4 Å². The Kier molecular flexibility index (Phi) is 2.32. The van der Waals surface area contributed by atoms with Gasteiger partial charge in [-0.1, -0.05) is 6.92 Å². The lowest BCUT2D eigenvalue weighted by Gasteiger charge is -2.09. The predicted molar refractivity (Wildman–Crippen MR) is 53.2 cm³/mol. The summed E-state index contributed by atoms with van der Waals surface area (Å²) in [5.41, 5.74) is 7.39. The maximum Gasteiger partial charge on any atom is 0.0270 e. The van der Waals surface area contributed by atoms with Gasteiger partial charge in [-0.25, -0.2) is 0 Å². The van der Waals surface area contributed by atoms with E-state index >= 15 is 0 Å². The van der Waals surface area contributed by atoms with E-state index in [0.717, 1.165) is 18.3 Å². The second-order valence-corrected chi connectivity index (χ2v) is 4.10. The molecule has 1 fully saturated rings. The van der Waals surface area contributed by atoms with Gasteiger partial charge < -0.3 is 5.73 Å². The number of rotatable bonds is 3. The Morgan fingerprint density at radius 1 is 1.54 bits per heavy atom. The van der Waals surface area contributed by atoms with E-state index in [1.165, 1.54) is 12.0 Å². The average molecular weight is 176 g/mol. The molecule has 2 heteroatoms. The predicted octanol–water partition coefficient (Wildman–Crippen LogP) is 1.61. The second kappa shape index (κ2) is 3.46. The van der Waals surface area contributed by atoms with Crippen LogP contribution in [0.3, 0.4) is 0 Å². The Bertz CT molecular complexity index is 271. The van der Waals surface area contributed by atoms with Crippen molar-refractivity contribution >= 4 is 0 Å². The van der Waals surface area contributed by atoms with Crippen LogP contribution in [-0.4, -0.2) is 11.0 Å². The van der Waals surface area contributed by atoms with Crippen molar-refractivity contribution in [2.75, 3.05) is 0 Å².